The summed E-state index contributed by atoms with van der Waals surface area (Å²) in [5.74, 6) is 2.34. The molecule has 1 saturated carbocycles. The van der Waals surface area contributed by atoms with Crippen molar-refractivity contribution in [2.45, 2.75) is 45.1 Å². The van der Waals surface area contributed by atoms with Gasteiger partial charge in [-0.25, -0.2) is 0 Å². The highest BCUT2D eigenvalue weighted by Crippen LogP contribution is 2.28. The van der Waals surface area contributed by atoms with Gasteiger partial charge in [-0.05, 0) is 31.6 Å². The van der Waals surface area contributed by atoms with Gasteiger partial charge in [-0.1, -0.05) is 13.3 Å². The molecule has 2 rings (SSSR count). The van der Waals surface area contributed by atoms with Gasteiger partial charge in [-0.15, -0.1) is 0 Å². The van der Waals surface area contributed by atoms with Crippen molar-refractivity contribution >= 4 is 17.8 Å². The molecule has 106 valence electrons. The number of nitrogens with two attached hydrogens (primary N) is 1. The molecule has 1 fully saturated rings. The SMILES string of the molecule is CCC1CCC(Nc2nc(N)nc(N(C)C)n2)CC1. The van der Waals surface area contributed by atoms with E-state index in [1.807, 2.05) is 19.0 Å². The Hall–Kier alpha value is -1.59. The quantitative estimate of drug-likeness (QED) is 0.864. The van der Waals surface area contributed by atoms with Crippen LogP contribution in [0.3, 0.4) is 0 Å². The van der Waals surface area contributed by atoms with Crippen LogP contribution >= 0.6 is 0 Å². The minimum atomic E-state index is 0.267. The summed E-state index contributed by atoms with van der Waals surface area (Å²) in [6, 6.07) is 0.458. The molecule has 0 unspecified atom stereocenters. The van der Waals surface area contributed by atoms with Crippen molar-refractivity contribution in [1.82, 2.24) is 15.0 Å². The Labute approximate surface area is 114 Å². The third-order valence-electron chi connectivity index (χ3n) is 3.80. The summed E-state index contributed by atoms with van der Waals surface area (Å²) >= 11 is 0. The molecule has 0 saturated heterocycles. The largest absolute Gasteiger partial charge is 0.368 e. The van der Waals surface area contributed by atoms with Crippen LogP contribution in [-0.4, -0.2) is 35.1 Å². The van der Waals surface area contributed by atoms with Gasteiger partial charge in [0.15, 0.2) is 0 Å². The standard InChI is InChI=1S/C13H24N6/c1-4-9-5-7-10(8-6-9)15-12-16-11(14)17-13(18-12)19(2)3/h9-10H,4-8H2,1-3H3,(H3,14,15,16,17,18). The molecule has 19 heavy (non-hydrogen) atoms. The molecule has 0 radical (unpaired) electrons. The second-order valence-corrected chi connectivity index (χ2v) is 5.48. The minimum Gasteiger partial charge on any atom is -0.368 e. The van der Waals surface area contributed by atoms with E-state index in [9.17, 15) is 0 Å². The van der Waals surface area contributed by atoms with Crippen LogP contribution in [0.25, 0.3) is 0 Å². The van der Waals surface area contributed by atoms with Crippen molar-refractivity contribution in [3.8, 4) is 0 Å². The Kier molecular flexibility index (Phi) is 4.39. The summed E-state index contributed by atoms with van der Waals surface area (Å²) in [5.41, 5.74) is 5.72. The van der Waals surface area contributed by atoms with Crippen LogP contribution in [0.4, 0.5) is 17.8 Å². The van der Waals surface area contributed by atoms with Gasteiger partial charge in [0.1, 0.15) is 0 Å². The Bertz CT molecular complexity index is 412. The van der Waals surface area contributed by atoms with Crippen molar-refractivity contribution in [3.05, 3.63) is 0 Å². The molecule has 1 heterocycles. The highest BCUT2D eigenvalue weighted by molar-refractivity contribution is 5.41. The van der Waals surface area contributed by atoms with E-state index in [1.165, 1.54) is 32.1 Å². The molecule has 1 aromatic rings. The fourth-order valence-corrected chi connectivity index (χ4v) is 2.54. The van der Waals surface area contributed by atoms with E-state index in [-0.39, 0.29) is 5.95 Å². The molecule has 1 aliphatic rings. The third kappa shape index (κ3) is 3.68. The number of hydrogen-bond acceptors (Lipinski definition) is 6. The Morgan fingerprint density at radius 2 is 1.84 bits per heavy atom. The first-order valence-corrected chi connectivity index (χ1v) is 7.04. The molecule has 0 atom stereocenters. The first-order chi connectivity index (χ1) is 9.08. The second-order valence-electron chi connectivity index (χ2n) is 5.48. The Balaban J connectivity index is 1.99. The maximum absolute atomic E-state index is 5.72. The van der Waals surface area contributed by atoms with Crippen LogP contribution in [0.5, 0.6) is 0 Å². The molecular formula is C13H24N6. The number of aromatic nitrogens is 3. The van der Waals surface area contributed by atoms with Crippen LogP contribution in [0.15, 0.2) is 0 Å². The normalized spacial score (nSPS) is 23.1. The number of anilines is 3. The first-order valence-electron chi connectivity index (χ1n) is 7.04. The molecular weight excluding hydrogens is 240 g/mol. The average molecular weight is 264 g/mol. The van der Waals surface area contributed by atoms with Crippen molar-refractivity contribution in [2.75, 3.05) is 30.0 Å². The van der Waals surface area contributed by atoms with Gasteiger partial charge in [0.05, 0.1) is 0 Å². The van der Waals surface area contributed by atoms with Crippen molar-refractivity contribution in [2.24, 2.45) is 5.92 Å². The summed E-state index contributed by atoms with van der Waals surface area (Å²) in [5, 5.41) is 3.39. The molecule has 0 aliphatic heterocycles. The molecule has 6 nitrogen and oxygen atoms in total. The molecule has 6 heteroatoms. The predicted molar refractivity (Wildman–Crippen MR) is 78.2 cm³/mol. The zero-order chi connectivity index (χ0) is 13.8. The van der Waals surface area contributed by atoms with Gasteiger partial charge in [0.2, 0.25) is 17.8 Å². The number of hydrogen-bond donors (Lipinski definition) is 2. The second kappa shape index (κ2) is 6.04. The highest BCUT2D eigenvalue weighted by atomic mass is 15.3. The van der Waals surface area contributed by atoms with Crippen molar-refractivity contribution in [3.63, 3.8) is 0 Å². The van der Waals surface area contributed by atoms with Crippen molar-refractivity contribution in [1.29, 1.82) is 0 Å². The lowest BCUT2D eigenvalue weighted by atomic mass is 9.85. The van der Waals surface area contributed by atoms with Gasteiger partial charge in [0, 0.05) is 20.1 Å². The fourth-order valence-electron chi connectivity index (χ4n) is 2.54. The number of nitrogens with one attached hydrogen (secondary N) is 1. The van der Waals surface area contributed by atoms with Crippen LogP contribution in [0, 0.1) is 5.92 Å². The molecule has 0 spiro atoms. The van der Waals surface area contributed by atoms with E-state index in [0.717, 1.165) is 5.92 Å². The van der Waals surface area contributed by atoms with Crippen LogP contribution in [0.1, 0.15) is 39.0 Å². The lowest BCUT2D eigenvalue weighted by Crippen LogP contribution is -2.27. The Morgan fingerprint density at radius 3 is 2.42 bits per heavy atom. The number of nitrogens with zero attached hydrogens (tertiary/aromatic N) is 4. The smallest absolute Gasteiger partial charge is 0.231 e. The van der Waals surface area contributed by atoms with Gasteiger partial charge >= 0.3 is 0 Å². The van der Waals surface area contributed by atoms with Crippen molar-refractivity contribution < 1.29 is 0 Å². The highest BCUT2D eigenvalue weighted by Gasteiger charge is 2.20. The Morgan fingerprint density at radius 1 is 1.16 bits per heavy atom. The van der Waals surface area contributed by atoms with Crippen LogP contribution in [0.2, 0.25) is 0 Å². The average Bonchev–Trinajstić information content (AvgIpc) is 2.39. The van der Waals surface area contributed by atoms with Gasteiger partial charge in [-0.2, -0.15) is 15.0 Å². The summed E-state index contributed by atoms with van der Waals surface area (Å²) in [4.78, 5) is 14.5. The third-order valence-corrected chi connectivity index (χ3v) is 3.80. The van der Waals surface area contributed by atoms with E-state index in [1.54, 1.807) is 0 Å². The van der Waals surface area contributed by atoms with E-state index in [2.05, 4.69) is 27.2 Å². The summed E-state index contributed by atoms with van der Waals surface area (Å²) < 4.78 is 0. The summed E-state index contributed by atoms with van der Waals surface area (Å²) in [7, 11) is 3.79. The molecule has 0 aromatic carbocycles. The molecule has 0 amide bonds. The monoisotopic (exact) mass is 264 g/mol. The molecule has 3 N–H and O–H groups in total. The van der Waals surface area contributed by atoms with Gasteiger partial charge in [-0.3, -0.25) is 0 Å². The summed E-state index contributed by atoms with van der Waals surface area (Å²) in [6.07, 6.45) is 6.23. The van der Waals surface area contributed by atoms with Gasteiger partial charge in [0.25, 0.3) is 0 Å². The molecule has 0 bridgehead atoms. The zero-order valence-electron chi connectivity index (χ0n) is 12.1. The molecule has 1 aliphatic carbocycles. The maximum atomic E-state index is 5.72. The van der Waals surface area contributed by atoms with E-state index >= 15 is 0 Å². The number of nitrogen functional groups attached to an aromatic ring is 1. The lowest BCUT2D eigenvalue weighted by molar-refractivity contribution is 0.329. The number of rotatable bonds is 4. The fraction of sp³-hybridized carbons (Fsp3) is 0.769. The van der Waals surface area contributed by atoms with Gasteiger partial charge < -0.3 is 16.0 Å². The first kappa shape index (κ1) is 13.8. The summed E-state index contributed by atoms with van der Waals surface area (Å²) in [6.45, 7) is 2.27. The van der Waals surface area contributed by atoms with E-state index < -0.39 is 0 Å². The zero-order valence-corrected chi connectivity index (χ0v) is 12.1. The van der Waals surface area contributed by atoms with E-state index in [0.29, 0.717) is 17.9 Å². The minimum absolute atomic E-state index is 0.267. The topological polar surface area (TPSA) is 80.0 Å². The van der Waals surface area contributed by atoms with Crippen LogP contribution < -0.4 is 16.0 Å². The lowest BCUT2D eigenvalue weighted by Gasteiger charge is -2.28. The predicted octanol–water partition coefficient (Wildman–Crippen LogP) is 1.90. The maximum Gasteiger partial charge on any atom is 0.231 e. The molecule has 1 aromatic heterocycles. The van der Waals surface area contributed by atoms with Crippen LogP contribution in [-0.2, 0) is 0 Å². The van der Waals surface area contributed by atoms with E-state index in [4.69, 9.17) is 5.73 Å².